The largest absolute Gasteiger partial charge is 0.380 e. The zero-order valence-corrected chi connectivity index (χ0v) is 12.3. The van der Waals surface area contributed by atoms with Crippen molar-refractivity contribution in [3.63, 3.8) is 0 Å². The summed E-state index contributed by atoms with van der Waals surface area (Å²) in [5.74, 6) is 0. The molecule has 0 N–H and O–H groups in total. The average Bonchev–Trinajstić information content (AvgIpc) is 3.08. The quantitative estimate of drug-likeness (QED) is 0.746. The van der Waals surface area contributed by atoms with E-state index in [0.29, 0.717) is 6.10 Å². The van der Waals surface area contributed by atoms with Crippen LogP contribution in [0.3, 0.4) is 0 Å². The number of aromatic nitrogens is 1. The summed E-state index contributed by atoms with van der Waals surface area (Å²) in [6, 6.07) is 2.13. The van der Waals surface area contributed by atoms with Gasteiger partial charge in [-0.3, -0.25) is 9.88 Å². The molecule has 1 aliphatic heterocycles. The molecule has 0 saturated carbocycles. The summed E-state index contributed by atoms with van der Waals surface area (Å²) in [5.41, 5.74) is 2.72. The molecule has 2 heterocycles. The molecule has 4 heteroatoms. The lowest BCUT2D eigenvalue weighted by Gasteiger charge is -2.20. The van der Waals surface area contributed by atoms with Gasteiger partial charge in [0, 0.05) is 44.2 Å². The van der Waals surface area contributed by atoms with E-state index >= 15 is 0 Å². The van der Waals surface area contributed by atoms with E-state index in [0.717, 1.165) is 52.1 Å². The molecule has 2 unspecified atom stereocenters. The maximum atomic E-state index is 6.31. The highest BCUT2D eigenvalue weighted by Crippen LogP contribution is 2.35. The molecule has 3 rings (SSSR count). The van der Waals surface area contributed by atoms with Crippen LogP contribution in [0.1, 0.15) is 37.0 Å². The maximum absolute atomic E-state index is 6.31. The van der Waals surface area contributed by atoms with E-state index in [1.54, 1.807) is 0 Å². The Kier molecular flexibility index (Phi) is 4.65. The molecule has 110 valence electrons. The Morgan fingerprint density at radius 2 is 2.35 bits per heavy atom. The fraction of sp³-hybridized carbons (Fsp3) is 0.688. The third kappa shape index (κ3) is 3.19. The van der Waals surface area contributed by atoms with Crippen LogP contribution in [0.15, 0.2) is 18.5 Å². The minimum absolute atomic E-state index is 0.260. The summed E-state index contributed by atoms with van der Waals surface area (Å²) >= 11 is 0. The molecule has 1 saturated heterocycles. The minimum Gasteiger partial charge on any atom is -0.380 e. The van der Waals surface area contributed by atoms with Gasteiger partial charge in [-0.25, -0.2) is 0 Å². The number of hydrogen-bond donors (Lipinski definition) is 0. The average molecular weight is 276 g/mol. The molecule has 2 atom stereocenters. The number of ether oxygens (including phenoxy) is 2. The fourth-order valence-corrected chi connectivity index (χ4v) is 3.22. The number of nitrogens with zero attached hydrogens (tertiary/aromatic N) is 2. The summed E-state index contributed by atoms with van der Waals surface area (Å²) in [6.07, 6.45) is 7.86. The molecule has 0 bridgehead atoms. The Bertz CT molecular complexity index is 438. The third-order valence-electron chi connectivity index (χ3n) is 4.31. The van der Waals surface area contributed by atoms with Crippen molar-refractivity contribution in [2.24, 2.45) is 0 Å². The number of rotatable bonds is 6. The van der Waals surface area contributed by atoms with E-state index in [1.807, 2.05) is 19.3 Å². The Hall–Kier alpha value is -0.970. The van der Waals surface area contributed by atoms with E-state index in [2.05, 4.69) is 16.0 Å². The van der Waals surface area contributed by atoms with Crippen LogP contribution in [0.4, 0.5) is 0 Å². The second kappa shape index (κ2) is 6.66. The zero-order valence-electron chi connectivity index (χ0n) is 12.3. The molecule has 1 aromatic rings. The van der Waals surface area contributed by atoms with Crippen LogP contribution in [-0.4, -0.2) is 48.8 Å². The molecule has 4 nitrogen and oxygen atoms in total. The summed E-state index contributed by atoms with van der Waals surface area (Å²) in [6.45, 7) is 6.88. The second-order valence-corrected chi connectivity index (χ2v) is 5.65. The lowest BCUT2D eigenvalue weighted by Crippen LogP contribution is -2.27. The number of hydrogen-bond acceptors (Lipinski definition) is 4. The molecule has 1 aromatic heterocycles. The van der Waals surface area contributed by atoms with Gasteiger partial charge in [0.15, 0.2) is 0 Å². The van der Waals surface area contributed by atoms with Crippen molar-refractivity contribution >= 4 is 0 Å². The summed E-state index contributed by atoms with van der Waals surface area (Å²) in [5, 5.41) is 0. The van der Waals surface area contributed by atoms with Gasteiger partial charge in [0.2, 0.25) is 0 Å². The number of aryl methyl sites for hydroxylation is 1. The Labute approximate surface area is 121 Å². The smallest absolute Gasteiger partial charge is 0.0850 e. The van der Waals surface area contributed by atoms with Crippen molar-refractivity contribution in [3.8, 4) is 0 Å². The SMILES string of the molecule is CCOCCN1CCC(OC2CCc3ccncc32)C1. The lowest BCUT2D eigenvalue weighted by molar-refractivity contribution is -0.00774. The van der Waals surface area contributed by atoms with E-state index in [4.69, 9.17) is 9.47 Å². The van der Waals surface area contributed by atoms with Gasteiger partial charge in [-0.2, -0.15) is 0 Å². The molecule has 2 aliphatic rings. The van der Waals surface area contributed by atoms with E-state index in [1.165, 1.54) is 11.1 Å². The predicted octanol–water partition coefficient (Wildman–Crippen LogP) is 2.20. The van der Waals surface area contributed by atoms with Gasteiger partial charge in [0.05, 0.1) is 18.8 Å². The Morgan fingerprint density at radius 1 is 1.40 bits per heavy atom. The molecule has 20 heavy (non-hydrogen) atoms. The third-order valence-corrected chi connectivity index (χ3v) is 4.31. The fourth-order valence-electron chi connectivity index (χ4n) is 3.22. The van der Waals surface area contributed by atoms with Gasteiger partial charge >= 0.3 is 0 Å². The van der Waals surface area contributed by atoms with Gasteiger partial charge in [-0.15, -0.1) is 0 Å². The van der Waals surface area contributed by atoms with Crippen molar-refractivity contribution in [1.82, 2.24) is 9.88 Å². The van der Waals surface area contributed by atoms with Gasteiger partial charge in [-0.1, -0.05) is 0 Å². The normalized spacial score (nSPS) is 26.1. The lowest BCUT2D eigenvalue weighted by atomic mass is 10.2. The maximum Gasteiger partial charge on any atom is 0.0850 e. The van der Waals surface area contributed by atoms with Crippen LogP contribution in [0.2, 0.25) is 0 Å². The molecular weight excluding hydrogens is 252 g/mol. The first-order valence-electron chi connectivity index (χ1n) is 7.75. The zero-order chi connectivity index (χ0) is 13.8. The van der Waals surface area contributed by atoms with Gasteiger partial charge in [0.25, 0.3) is 0 Å². The first-order chi connectivity index (χ1) is 9.86. The summed E-state index contributed by atoms with van der Waals surface area (Å²) in [4.78, 5) is 6.68. The van der Waals surface area contributed by atoms with Gasteiger partial charge < -0.3 is 9.47 Å². The highest BCUT2D eigenvalue weighted by Gasteiger charge is 2.29. The highest BCUT2D eigenvalue weighted by molar-refractivity contribution is 5.30. The van der Waals surface area contributed by atoms with Crippen LogP contribution >= 0.6 is 0 Å². The van der Waals surface area contributed by atoms with Crippen molar-refractivity contribution < 1.29 is 9.47 Å². The van der Waals surface area contributed by atoms with Crippen LogP contribution in [0.25, 0.3) is 0 Å². The molecular formula is C16H24N2O2. The van der Waals surface area contributed by atoms with Gasteiger partial charge in [0.1, 0.15) is 0 Å². The van der Waals surface area contributed by atoms with Crippen molar-refractivity contribution in [1.29, 1.82) is 0 Å². The first kappa shape index (κ1) is 14.0. The van der Waals surface area contributed by atoms with Crippen LogP contribution < -0.4 is 0 Å². The predicted molar refractivity (Wildman–Crippen MR) is 77.7 cm³/mol. The molecule has 0 amide bonds. The van der Waals surface area contributed by atoms with E-state index < -0.39 is 0 Å². The molecule has 0 aromatic carbocycles. The molecule has 0 spiro atoms. The number of fused-ring (bicyclic) bond motifs is 1. The highest BCUT2D eigenvalue weighted by atomic mass is 16.5. The minimum atomic E-state index is 0.260. The summed E-state index contributed by atoms with van der Waals surface area (Å²) < 4.78 is 11.7. The standard InChI is InChI=1S/C16H24N2O2/c1-2-19-10-9-18-8-6-14(12-18)20-16-4-3-13-5-7-17-11-15(13)16/h5,7,11,14,16H,2-4,6,8-10,12H2,1H3. The topological polar surface area (TPSA) is 34.6 Å². The molecule has 0 radical (unpaired) electrons. The van der Waals surface area contributed by atoms with Crippen molar-refractivity contribution in [2.75, 3.05) is 32.8 Å². The second-order valence-electron chi connectivity index (χ2n) is 5.65. The molecule has 1 aliphatic carbocycles. The van der Waals surface area contributed by atoms with Crippen LogP contribution in [-0.2, 0) is 15.9 Å². The first-order valence-corrected chi connectivity index (χ1v) is 7.75. The number of pyridine rings is 1. The van der Waals surface area contributed by atoms with E-state index in [-0.39, 0.29) is 6.10 Å². The Balaban J connectivity index is 1.48. The van der Waals surface area contributed by atoms with Crippen LogP contribution in [0.5, 0.6) is 0 Å². The number of likely N-dealkylation sites (tertiary alicyclic amines) is 1. The van der Waals surface area contributed by atoms with Gasteiger partial charge in [-0.05, 0) is 37.8 Å². The van der Waals surface area contributed by atoms with Crippen molar-refractivity contribution in [2.45, 2.75) is 38.4 Å². The monoisotopic (exact) mass is 276 g/mol. The Morgan fingerprint density at radius 3 is 3.25 bits per heavy atom. The summed E-state index contributed by atoms with van der Waals surface area (Å²) in [7, 11) is 0. The van der Waals surface area contributed by atoms with E-state index in [9.17, 15) is 0 Å². The van der Waals surface area contributed by atoms with Crippen LogP contribution in [0, 0.1) is 0 Å². The van der Waals surface area contributed by atoms with Crippen molar-refractivity contribution in [3.05, 3.63) is 29.6 Å². The molecule has 1 fully saturated rings.